The molecule has 1 unspecified atom stereocenters. The van der Waals surface area contributed by atoms with Crippen LogP contribution in [0.1, 0.15) is 17.5 Å². The number of sulfone groups is 1. The molecule has 5 heteroatoms. The minimum absolute atomic E-state index is 0.276. The van der Waals surface area contributed by atoms with Crippen molar-refractivity contribution < 1.29 is 17.9 Å². The zero-order valence-corrected chi connectivity index (χ0v) is 15.1. The van der Waals surface area contributed by atoms with Gasteiger partial charge >= 0.3 is 0 Å². The quantitative estimate of drug-likeness (QED) is 0.686. The fraction of sp³-hybridized carbons (Fsp3) is 0.368. The summed E-state index contributed by atoms with van der Waals surface area (Å²) >= 11 is 0. The first kappa shape index (κ1) is 18.6. The lowest BCUT2D eigenvalue weighted by Gasteiger charge is -2.22. The average Bonchev–Trinajstić information content (AvgIpc) is 2.59. The van der Waals surface area contributed by atoms with E-state index in [4.69, 9.17) is 9.47 Å². The molecule has 1 atom stereocenters. The summed E-state index contributed by atoms with van der Waals surface area (Å²) in [7, 11) is -0.451. The van der Waals surface area contributed by atoms with E-state index in [1.807, 2.05) is 49.4 Å². The Morgan fingerprint density at radius 3 is 2.04 bits per heavy atom. The van der Waals surface area contributed by atoms with Crippen LogP contribution in [0.2, 0.25) is 0 Å². The summed E-state index contributed by atoms with van der Waals surface area (Å²) in [5.74, 6) is 0. The average molecular weight is 348 g/mol. The monoisotopic (exact) mass is 348 g/mol. The lowest BCUT2D eigenvalue weighted by Crippen LogP contribution is -2.30. The van der Waals surface area contributed by atoms with Gasteiger partial charge < -0.3 is 9.47 Å². The van der Waals surface area contributed by atoms with Crippen LogP contribution < -0.4 is 0 Å². The summed E-state index contributed by atoms with van der Waals surface area (Å²) in [6.45, 7) is 1.93. The molecule has 0 radical (unpaired) electrons. The van der Waals surface area contributed by atoms with Crippen LogP contribution in [0.3, 0.4) is 0 Å². The molecular formula is C19H24O4S. The number of methoxy groups -OCH3 is 2. The van der Waals surface area contributed by atoms with E-state index in [-0.39, 0.29) is 6.42 Å². The highest BCUT2D eigenvalue weighted by Crippen LogP contribution is 2.24. The molecule has 2 aromatic carbocycles. The van der Waals surface area contributed by atoms with Gasteiger partial charge in [-0.05, 0) is 31.0 Å². The smallest absolute Gasteiger partial charge is 0.181 e. The number of ether oxygens (including phenoxy) is 2. The molecule has 0 saturated heterocycles. The Morgan fingerprint density at radius 1 is 0.917 bits per heavy atom. The van der Waals surface area contributed by atoms with E-state index in [0.29, 0.717) is 11.3 Å². The van der Waals surface area contributed by atoms with Crippen molar-refractivity contribution in [2.75, 3.05) is 14.2 Å². The zero-order chi connectivity index (χ0) is 17.6. The van der Waals surface area contributed by atoms with Gasteiger partial charge in [-0.1, -0.05) is 48.0 Å². The summed E-state index contributed by atoms with van der Waals surface area (Å²) in [4.78, 5) is 0.333. The number of benzene rings is 2. The van der Waals surface area contributed by atoms with Crippen molar-refractivity contribution in [1.29, 1.82) is 0 Å². The van der Waals surface area contributed by atoms with Crippen molar-refractivity contribution in [3.8, 4) is 0 Å². The molecule has 0 amide bonds. The maximum atomic E-state index is 13.1. The summed E-state index contributed by atoms with van der Waals surface area (Å²) in [5.41, 5.74) is 2.00. The van der Waals surface area contributed by atoms with Crippen LogP contribution in [0.5, 0.6) is 0 Å². The summed E-state index contributed by atoms with van der Waals surface area (Å²) in [6.07, 6.45) is 0.136. The Kier molecular flexibility index (Phi) is 6.54. The Hall–Kier alpha value is -1.69. The van der Waals surface area contributed by atoms with Gasteiger partial charge in [-0.2, -0.15) is 0 Å². The Labute approximate surface area is 144 Å². The van der Waals surface area contributed by atoms with E-state index in [2.05, 4.69) is 0 Å². The van der Waals surface area contributed by atoms with Gasteiger partial charge in [0.1, 0.15) is 0 Å². The van der Waals surface area contributed by atoms with Crippen molar-refractivity contribution in [3.63, 3.8) is 0 Å². The molecule has 0 bridgehead atoms. The van der Waals surface area contributed by atoms with E-state index in [9.17, 15) is 8.42 Å². The third-order valence-corrected chi connectivity index (χ3v) is 6.24. The highest BCUT2D eigenvalue weighted by molar-refractivity contribution is 7.92. The molecule has 2 rings (SSSR count). The van der Waals surface area contributed by atoms with E-state index < -0.39 is 21.4 Å². The first-order valence-electron chi connectivity index (χ1n) is 7.87. The lowest BCUT2D eigenvalue weighted by atomic mass is 10.1. The van der Waals surface area contributed by atoms with E-state index >= 15 is 0 Å². The van der Waals surface area contributed by atoms with Crippen LogP contribution in [0.15, 0.2) is 59.5 Å². The van der Waals surface area contributed by atoms with Gasteiger partial charge in [0.05, 0.1) is 10.1 Å². The van der Waals surface area contributed by atoms with Gasteiger partial charge in [0, 0.05) is 20.6 Å². The number of hydrogen-bond donors (Lipinski definition) is 0. The molecule has 2 aromatic rings. The van der Waals surface area contributed by atoms with Gasteiger partial charge in [-0.15, -0.1) is 0 Å². The zero-order valence-electron chi connectivity index (χ0n) is 14.3. The molecule has 130 valence electrons. The Bertz CT molecular complexity index is 720. The van der Waals surface area contributed by atoms with Crippen molar-refractivity contribution >= 4 is 9.84 Å². The molecule has 24 heavy (non-hydrogen) atoms. The maximum absolute atomic E-state index is 13.1. The Morgan fingerprint density at radius 2 is 1.50 bits per heavy atom. The number of aryl methyl sites for hydroxylation is 1. The van der Waals surface area contributed by atoms with Crippen LogP contribution in [-0.2, 0) is 25.7 Å². The second kappa shape index (κ2) is 8.42. The maximum Gasteiger partial charge on any atom is 0.181 e. The van der Waals surface area contributed by atoms with Gasteiger partial charge in [-0.25, -0.2) is 8.42 Å². The van der Waals surface area contributed by atoms with Gasteiger partial charge in [0.15, 0.2) is 16.1 Å². The highest BCUT2D eigenvalue weighted by Gasteiger charge is 2.30. The Balaban J connectivity index is 2.34. The van der Waals surface area contributed by atoms with Crippen molar-refractivity contribution in [3.05, 3.63) is 65.7 Å². The van der Waals surface area contributed by atoms with Gasteiger partial charge in [0.2, 0.25) is 0 Å². The molecule has 0 spiro atoms. The van der Waals surface area contributed by atoms with E-state index in [1.54, 1.807) is 12.1 Å². The highest BCUT2D eigenvalue weighted by atomic mass is 32.2. The first-order chi connectivity index (χ1) is 11.5. The fourth-order valence-electron chi connectivity index (χ4n) is 2.62. The standard InChI is InChI=1S/C19H24O4S/c1-15-9-11-17(12-10-15)24(20,21)18(14-19(22-2)23-3)13-16-7-5-4-6-8-16/h4-12,18-19H,13-14H2,1-3H3. The predicted octanol–water partition coefficient (Wildman–Crippen LogP) is 3.39. The molecule has 0 heterocycles. The van der Waals surface area contributed by atoms with Gasteiger partial charge in [-0.3, -0.25) is 0 Å². The largest absolute Gasteiger partial charge is 0.356 e. The predicted molar refractivity (Wildman–Crippen MR) is 94.7 cm³/mol. The van der Waals surface area contributed by atoms with Crippen LogP contribution in [0.25, 0.3) is 0 Å². The summed E-state index contributed by atoms with van der Waals surface area (Å²) in [5, 5.41) is -0.618. The molecule has 0 aromatic heterocycles. The van der Waals surface area contributed by atoms with E-state index in [0.717, 1.165) is 11.1 Å². The number of rotatable bonds is 8. The molecule has 0 fully saturated rings. The lowest BCUT2D eigenvalue weighted by molar-refractivity contribution is -0.106. The molecule has 0 aliphatic heterocycles. The summed E-state index contributed by atoms with van der Waals surface area (Å²) in [6, 6.07) is 16.6. The SMILES string of the molecule is COC(CC(Cc1ccccc1)S(=O)(=O)c1ccc(C)cc1)OC. The van der Waals surface area contributed by atoms with E-state index in [1.165, 1.54) is 14.2 Å². The normalized spacial score (nSPS) is 13.2. The second-order valence-electron chi connectivity index (χ2n) is 5.81. The third kappa shape index (κ3) is 4.66. The molecule has 4 nitrogen and oxygen atoms in total. The number of hydrogen-bond acceptors (Lipinski definition) is 4. The molecule has 0 saturated carbocycles. The third-order valence-electron chi connectivity index (χ3n) is 4.08. The van der Waals surface area contributed by atoms with Crippen molar-refractivity contribution in [2.45, 2.75) is 36.2 Å². The van der Waals surface area contributed by atoms with Crippen molar-refractivity contribution in [2.24, 2.45) is 0 Å². The van der Waals surface area contributed by atoms with Crippen LogP contribution in [-0.4, -0.2) is 34.2 Å². The second-order valence-corrected chi connectivity index (χ2v) is 8.03. The van der Waals surface area contributed by atoms with Crippen LogP contribution in [0.4, 0.5) is 0 Å². The van der Waals surface area contributed by atoms with Crippen molar-refractivity contribution in [1.82, 2.24) is 0 Å². The molecule has 0 aliphatic carbocycles. The fourth-order valence-corrected chi connectivity index (χ4v) is 4.34. The topological polar surface area (TPSA) is 52.6 Å². The molecular weight excluding hydrogens is 324 g/mol. The first-order valence-corrected chi connectivity index (χ1v) is 9.42. The van der Waals surface area contributed by atoms with Gasteiger partial charge in [0.25, 0.3) is 0 Å². The minimum atomic E-state index is -3.49. The molecule has 0 aliphatic rings. The molecule has 0 N–H and O–H groups in total. The minimum Gasteiger partial charge on any atom is -0.356 e. The van der Waals surface area contributed by atoms with Crippen LogP contribution in [0, 0.1) is 6.92 Å². The van der Waals surface area contributed by atoms with Crippen LogP contribution >= 0.6 is 0 Å². The summed E-state index contributed by atoms with van der Waals surface area (Å²) < 4.78 is 36.7.